The summed E-state index contributed by atoms with van der Waals surface area (Å²) < 4.78 is 0. The Kier molecular flexibility index (Phi) is 4.10. The van der Waals surface area contributed by atoms with Crippen LogP contribution < -0.4 is 5.59 Å². The quantitative estimate of drug-likeness (QED) is 0.616. The third kappa shape index (κ3) is 3.55. The fourth-order valence-corrected chi connectivity index (χ4v) is 0.974. The van der Waals surface area contributed by atoms with Gasteiger partial charge in [0.15, 0.2) is 4.87 Å². The maximum absolute atomic E-state index is 10.9. The molecule has 74 valence electrons. The Labute approximate surface area is 86.6 Å². The second-order valence-electron chi connectivity index (χ2n) is 2.49. The molecule has 0 saturated heterocycles. The van der Waals surface area contributed by atoms with Crippen molar-refractivity contribution in [2.75, 3.05) is 7.11 Å². The molecule has 0 radical (unpaired) electrons. The summed E-state index contributed by atoms with van der Waals surface area (Å²) in [6, 6.07) is 7.11. The third-order valence-corrected chi connectivity index (χ3v) is 1.71. The second kappa shape index (κ2) is 5.36. The molecule has 1 aromatic carbocycles. The van der Waals surface area contributed by atoms with E-state index in [9.17, 15) is 4.91 Å². The van der Waals surface area contributed by atoms with E-state index in [1.54, 1.807) is 30.3 Å². The Morgan fingerprint density at radius 3 is 2.64 bits per heavy atom. The fraction of sp³-hybridized carbons (Fsp3) is 0.111. The minimum absolute atomic E-state index is 0.453. The zero-order valence-corrected chi connectivity index (χ0v) is 8.36. The highest BCUT2D eigenvalue weighted by Crippen LogP contribution is 2.10. The molecule has 0 atom stereocenters. The van der Waals surface area contributed by atoms with Crippen LogP contribution in [0.3, 0.4) is 0 Å². The van der Waals surface area contributed by atoms with Crippen molar-refractivity contribution in [3.8, 4) is 0 Å². The highest BCUT2D eigenvalue weighted by atomic mass is 35.5. The highest BCUT2D eigenvalue weighted by molar-refractivity contribution is 6.30. The molecule has 0 bridgehead atoms. The normalized spacial score (nSPS) is 10.4. The van der Waals surface area contributed by atoms with Gasteiger partial charge in [0, 0.05) is 11.1 Å². The maximum Gasteiger partial charge on any atom is 0.260 e. The molecule has 0 amide bonds. The van der Waals surface area contributed by atoms with Gasteiger partial charge in [-0.2, -0.15) is 0 Å². The van der Waals surface area contributed by atoms with Gasteiger partial charge in [0.1, 0.15) is 0 Å². The lowest BCUT2D eigenvalue weighted by Crippen LogP contribution is -2.19. The Morgan fingerprint density at radius 1 is 1.43 bits per heavy atom. The van der Waals surface area contributed by atoms with Gasteiger partial charge in [-0.15, -0.1) is 0 Å². The topological polar surface area (TPSA) is 41.3 Å². The Hall–Kier alpha value is -1.39. The highest BCUT2D eigenvalue weighted by Gasteiger charge is 1.98. The van der Waals surface area contributed by atoms with Crippen molar-refractivity contribution in [3.05, 3.63) is 46.0 Å². The van der Waals surface area contributed by atoms with E-state index in [0.717, 1.165) is 5.56 Å². The summed E-state index contributed by atoms with van der Waals surface area (Å²) in [7, 11) is 1.36. The van der Waals surface area contributed by atoms with Crippen LogP contribution in [-0.4, -0.2) is 12.0 Å². The van der Waals surface area contributed by atoms with Crippen molar-refractivity contribution < 1.29 is 9.71 Å². The number of benzene rings is 1. The number of nitrogens with one attached hydrogen (secondary N) is 1. The van der Waals surface area contributed by atoms with Crippen molar-refractivity contribution in [2.45, 2.75) is 0 Å². The van der Waals surface area contributed by atoms with Crippen molar-refractivity contribution in [1.82, 2.24) is 5.59 Å². The average molecular weight is 214 g/mol. The molecule has 0 unspecified atom stereocenters. The molecule has 4 nitrogen and oxygen atoms in total. The van der Waals surface area contributed by atoms with Gasteiger partial charge in [-0.25, -0.2) is 4.84 Å². The zero-order chi connectivity index (χ0) is 10.4. The van der Waals surface area contributed by atoms with Crippen LogP contribution in [0.1, 0.15) is 5.56 Å². The number of nitrogens with zero attached hydrogens (tertiary/aromatic N) is 1. The van der Waals surface area contributed by atoms with Gasteiger partial charge < -0.3 is 0 Å². The molecule has 0 heterocycles. The standard InChI is InChI=1S/C9H10ClN2O2/c1-14-11-12(13)7-6-8-2-4-9(10)5-3-8/h2-7H,1H3,(H,11,13)/q+1/b7-6+. The molecule has 0 spiro atoms. The number of rotatable bonds is 4. The van der Waals surface area contributed by atoms with Crippen LogP contribution in [0.4, 0.5) is 0 Å². The zero-order valence-electron chi connectivity index (χ0n) is 7.61. The lowest BCUT2D eigenvalue weighted by molar-refractivity contribution is -0.601. The molecule has 14 heavy (non-hydrogen) atoms. The summed E-state index contributed by atoms with van der Waals surface area (Å²) in [6.45, 7) is 0. The first-order valence-electron chi connectivity index (χ1n) is 3.91. The first-order valence-corrected chi connectivity index (χ1v) is 4.29. The van der Waals surface area contributed by atoms with Gasteiger partial charge in [-0.05, 0) is 23.3 Å². The molecule has 1 aromatic rings. The Morgan fingerprint density at radius 2 is 2.07 bits per heavy atom. The molecule has 0 aromatic heterocycles. The van der Waals surface area contributed by atoms with Gasteiger partial charge in [0.05, 0.1) is 12.0 Å². The number of nitroso groups, excluding NO2 is 1. The average Bonchev–Trinajstić information content (AvgIpc) is 2.17. The second-order valence-corrected chi connectivity index (χ2v) is 2.92. The Bertz CT molecular complexity index is 335. The van der Waals surface area contributed by atoms with Crippen molar-refractivity contribution in [2.24, 2.45) is 0 Å². The number of halogens is 1. The van der Waals surface area contributed by atoms with Crippen LogP contribution in [0.5, 0.6) is 0 Å². The van der Waals surface area contributed by atoms with Gasteiger partial charge in [-0.3, -0.25) is 0 Å². The maximum atomic E-state index is 10.9. The van der Waals surface area contributed by atoms with Crippen LogP contribution in [0.2, 0.25) is 5.02 Å². The van der Waals surface area contributed by atoms with Gasteiger partial charge in [0.25, 0.3) is 6.20 Å². The minimum Gasteiger partial charge on any atom is -0.228 e. The number of hydrazine groups is 1. The van der Waals surface area contributed by atoms with Crippen molar-refractivity contribution in [1.29, 1.82) is 0 Å². The molecular weight excluding hydrogens is 204 g/mol. The van der Waals surface area contributed by atoms with Crippen LogP contribution in [-0.2, 0) is 4.84 Å². The predicted molar refractivity (Wildman–Crippen MR) is 54.3 cm³/mol. The third-order valence-electron chi connectivity index (χ3n) is 1.45. The molecule has 0 aliphatic rings. The first-order chi connectivity index (χ1) is 6.72. The van der Waals surface area contributed by atoms with Crippen molar-refractivity contribution in [3.63, 3.8) is 0 Å². The first kappa shape index (κ1) is 10.7. The largest absolute Gasteiger partial charge is 0.260 e. The number of hydrogen-bond donors (Lipinski definition) is 1. The van der Waals surface area contributed by atoms with E-state index in [0.29, 0.717) is 9.89 Å². The van der Waals surface area contributed by atoms with E-state index in [1.807, 2.05) is 0 Å². The molecule has 5 heteroatoms. The molecule has 0 aliphatic carbocycles. The van der Waals surface area contributed by atoms with Crippen LogP contribution in [0, 0.1) is 4.91 Å². The predicted octanol–water partition coefficient (Wildman–Crippen LogP) is 2.16. The molecule has 0 saturated carbocycles. The van der Waals surface area contributed by atoms with Crippen LogP contribution >= 0.6 is 11.6 Å². The molecule has 1 N–H and O–H groups in total. The van der Waals surface area contributed by atoms with Crippen molar-refractivity contribution >= 4 is 17.7 Å². The lowest BCUT2D eigenvalue weighted by Gasteiger charge is -1.91. The van der Waals surface area contributed by atoms with E-state index in [1.165, 1.54) is 13.3 Å². The summed E-state index contributed by atoms with van der Waals surface area (Å²) in [5.41, 5.74) is 2.97. The summed E-state index contributed by atoms with van der Waals surface area (Å²) in [6.07, 6.45) is 2.93. The SMILES string of the molecule is CON[N+](=O)/C=C/c1ccc(Cl)cc1. The van der Waals surface area contributed by atoms with E-state index < -0.39 is 0 Å². The minimum atomic E-state index is 0.453. The van der Waals surface area contributed by atoms with E-state index >= 15 is 0 Å². The van der Waals surface area contributed by atoms with Gasteiger partial charge >= 0.3 is 0 Å². The summed E-state index contributed by atoms with van der Waals surface area (Å²) >= 11 is 5.70. The summed E-state index contributed by atoms with van der Waals surface area (Å²) in [4.78, 5) is 15.7. The van der Waals surface area contributed by atoms with Gasteiger partial charge in [-0.1, -0.05) is 23.7 Å². The molecule has 0 aliphatic heterocycles. The van der Waals surface area contributed by atoms with E-state index in [4.69, 9.17) is 11.6 Å². The smallest absolute Gasteiger partial charge is 0.228 e. The molecule has 0 fully saturated rings. The van der Waals surface area contributed by atoms with E-state index in [-0.39, 0.29) is 0 Å². The monoisotopic (exact) mass is 213 g/mol. The lowest BCUT2D eigenvalue weighted by atomic mass is 10.2. The summed E-state index contributed by atoms with van der Waals surface area (Å²) in [5.74, 6) is 0. The summed E-state index contributed by atoms with van der Waals surface area (Å²) in [5, 5.41) is 0.663. The fourth-order valence-electron chi connectivity index (χ4n) is 0.848. The van der Waals surface area contributed by atoms with Gasteiger partial charge in [0.2, 0.25) is 0 Å². The van der Waals surface area contributed by atoms with E-state index in [2.05, 4.69) is 10.4 Å². The van der Waals surface area contributed by atoms with Crippen LogP contribution in [0.25, 0.3) is 6.08 Å². The molecule has 1 rings (SSSR count). The Balaban J connectivity index is 2.60. The van der Waals surface area contributed by atoms with Crippen LogP contribution in [0.15, 0.2) is 30.5 Å². The number of hydrogen-bond acceptors (Lipinski definition) is 2. The molecular formula is C9H10ClN2O2+.